The van der Waals surface area contributed by atoms with Gasteiger partial charge in [0.25, 0.3) is 5.56 Å². The molecule has 5 N–H and O–H groups in total. The summed E-state index contributed by atoms with van der Waals surface area (Å²) < 4.78 is 0. The summed E-state index contributed by atoms with van der Waals surface area (Å²) in [6, 6.07) is -0.385. The lowest BCUT2D eigenvalue weighted by Crippen LogP contribution is -2.42. The van der Waals surface area contributed by atoms with Crippen LogP contribution < -0.4 is 21.9 Å². The summed E-state index contributed by atoms with van der Waals surface area (Å²) in [5.74, 6) is 0.495. The largest absolute Gasteiger partial charge is 0.369 e. The van der Waals surface area contributed by atoms with E-state index in [0.717, 1.165) is 0 Å². The van der Waals surface area contributed by atoms with Gasteiger partial charge in [-0.05, 0) is 0 Å². The highest BCUT2D eigenvalue weighted by molar-refractivity contribution is 5.89. The molecule has 7 heteroatoms. The van der Waals surface area contributed by atoms with Gasteiger partial charge in [0.2, 0.25) is 5.95 Å². The van der Waals surface area contributed by atoms with E-state index in [2.05, 4.69) is 20.6 Å². The summed E-state index contributed by atoms with van der Waals surface area (Å²) >= 11 is 0. The molecule has 16 heavy (non-hydrogen) atoms. The minimum absolute atomic E-state index is 0.0503. The van der Waals surface area contributed by atoms with E-state index < -0.39 is 0 Å². The van der Waals surface area contributed by atoms with Gasteiger partial charge < -0.3 is 16.4 Å². The van der Waals surface area contributed by atoms with Gasteiger partial charge in [-0.2, -0.15) is 4.98 Å². The zero-order chi connectivity index (χ0) is 11.7. The van der Waals surface area contributed by atoms with Crippen molar-refractivity contribution in [3.8, 4) is 0 Å². The van der Waals surface area contributed by atoms with Gasteiger partial charge in [0, 0.05) is 13.0 Å². The number of carbonyl (C=O) groups is 1. The maximum Gasteiger partial charge on any atom is 0.277 e. The number of Topliss-reactive ketones (excluding diaryl/α,β-unsaturated/α-hetero) is 1. The van der Waals surface area contributed by atoms with Crippen molar-refractivity contribution in [3.05, 3.63) is 10.4 Å². The highest BCUT2D eigenvalue weighted by Gasteiger charge is 2.25. The van der Waals surface area contributed by atoms with E-state index in [1.165, 1.54) is 0 Å². The first-order valence-corrected chi connectivity index (χ1v) is 5.04. The van der Waals surface area contributed by atoms with Crippen LogP contribution in [0.4, 0.5) is 17.5 Å². The molecule has 7 nitrogen and oxygen atoms in total. The quantitative estimate of drug-likeness (QED) is 0.539. The number of nitrogen functional groups attached to an aromatic ring is 1. The normalized spacial score (nSPS) is 18.2. The van der Waals surface area contributed by atoms with Crippen LogP contribution in [0.1, 0.15) is 13.3 Å². The van der Waals surface area contributed by atoms with Crippen molar-refractivity contribution in [2.45, 2.75) is 19.4 Å². The number of rotatable bonds is 2. The molecule has 0 aliphatic carbocycles. The predicted octanol–water partition coefficient (Wildman–Crippen LogP) is -0.463. The molecule has 1 aliphatic rings. The second-order valence-corrected chi connectivity index (χ2v) is 3.57. The molecular formula is C9H13N5O2. The molecule has 0 radical (unpaired) electrons. The Morgan fingerprint density at radius 1 is 1.62 bits per heavy atom. The van der Waals surface area contributed by atoms with Crippen LogP contribution in [0.15, 0.2) is 4.79 Å². The highest BCUT2D eigenvalue weighted by atomic mass is 16.1. The van der Waals surface area contributed by atoms with Gasteiger partial charge in [0.05, 0.1) is 0 Å². The first kappa shape index (κ1) is 10.5. The second-order valence-electron chi connectivity index (χ2n) is 3.57. The predicted molar refractivity (Wildman–Crippen MR) is 60.5 cm³/mol. The van der Waals surface area contributed by atoms with Gasteiger partial charge in [0.15, 0.2) is 11.6 Å². The van der Waals surface area contributed by atoms with Gasteiger partial charge in [0.1, 0.15) is 11.7 Å². The Balaban J connectivity index is 2.34. The van der Waals surface area contributed by atoms with E-state index in [1.54, 1.807) is 6.92 Å². The average Bonchev–Trinajstić information content (AvgIpc) is 2.27. The molecule has 2 heterocycles. The highest BCUT2D eigenvalue weighted by Crippen LogP contribution is 2.20. The molecule has 1 aromatic heterocycles. The Morgan fingerprint density at radius 2 is 2.38 bits per heavy atom. The number of nitrogens with two attached hydrogens (primary N) is 1. The molecule has 0 fully saturated rings. The third-order valence-corrected chi connectivity index (χ3v) is 2.47. The van der Waals surface area contributed by atoms with Crippen LogP contribution in [0.25, 0.3) is 0 Å². The van der Waals surface area contributed by atoms with Gasteiger partial charge >= 0.3 is 0 Å². The van der Waals surface area contributed by atoms with Crippen LogP contribution in [0.2, 0.25) is 0 Å². The van der Waals surface area contributed by atoms with Crippen molar-refractivity contribution in [3.63, 3.8) is 0 Å². The Morgan fingerprint density at radius 3 is 3.06 bits per heavy atom. The van der Waals surface area contributed by atoms with E-state index in [0.29, 0.717) is 18.8 Å². The molecule has 0 amide bonds. The second kappa shape index (κ2) is 3.84. The lowest BCUT2D eigenvalue weighted by molar-refractivity contribution is -0.119. The third kappa shape index (κ3) is 1.71. The van der Waals surface area contributed by atoms with Crippen molar-refractivity contribution in [1.82, 2.24) is 9.97 Å². The summed E-state index contributed by atoms with van der Waals surface area (Å²) in [4.78, 5) is 29.4. The first-order chi connectivity index (χ1) is 7.61. The number of H-pyrrole nitrogens is 1. The Kier molecular flexibility index (Phi) is 2.51. The standard InChI is InChI=1S/C9H13N5O2/c1-2-5(15)4-3-11-7-6(12-4)8(16)14-9(10)13-7/h4,12H,2-3H2,1H3,(H4,10,11,13,14,16). The number of nitrogens with one attached hydrogen (secondary N) is 3. The van der Waals surface area contributed by atoms with Crippen LogP contribution in [-0.4, -0.2) is 28.3 Å². The summed E-state index contributed by atoms with van der Waals surface area (Å²) in [6.07, 6.45) is 0.426. The Labute approximate surface area is 91.5 Å². The maximum atomic E-state index is 11.6. The smallest absolute Gasteiger partial charge is 0.277 e. The van der Waals surface area contributed by atoms with E-state index >= 15 is 0 Å². The molecule has 1 unspecified atom stereocenters. The Bertz CT molecular complexity index is 481. The van der Waals surface area contributed by atoms with Gasteiger partial charge in [-0.1, -0.05) is 6.92 Å². The summed E-state index contributed by atoms with van der Waals surface area (Å²) in [7, 11) is 0. The lowest BCUT2D eigenvalue weighted by atomic mass is 10.1. The van der Waals surface area contributed by atoms with E-state index in [4.69, 9.17) is 5.73 Å². The zero-order valence-electron chi connectivity index (χ0n) is 8.83. The number of nitrogens with zero attached hydrogens (tertiary/aromatic N) is 1. The first-order valence-electron chi connectivity index (χ1n) is 5.04. The third-order valence-electron chi connectivity index (χ3n) is 2.47. The van der Waals surface area contributed by atoms with Gasteiger partial charge in [-0.15, -0.1) is 0 Å². The monoisotopic (exact) mass is 223 g/mol. The average molecular weight is 223 g/mol. The van der Waals surface area contributed by atoms with E-state index in [1.807, 2.05) is 0 Å². The fourth-order valence-electron chi connectivity index (χ4n) is 1.62. The van der Waals surface area contributed by atoms with Gasteiger partial charge in [-0.25, -0.2) is 0 Å². The van der Waals surface area contributed by atoms with Crippen molar-refractivity contribution >= 4 is 23.2 Å². The molecule has 0 bridgehead atoms. The van der Waals surface area contributed by atoms with Crippen molar-refractivity contribution in [1.29, 1.82) is 0 Å². The SMILES string of the molecule is CCC(=O)C1CNc2nc(N)[nH]c(=O)c2N1. The molecule has 0 saturated carbocycles. The minimum Gasteiger partial charge on any atom is -0.369 e. The topological polar surface area (TPSA) is 113 Å². The van der Waals surface area contributed by atoms with Crippen molar-refractivity contribution in [2.75, 3.05) is 22.9 Å². The molecule has 2 rings (SSSR count). The number of carbonyl (C=O) groups excluding carboxylic acids is 1. The lowest BCUT2D eigenvalue weighted by Gasteiger charge is -2.25. The molecule has 0 saturated heterocycles. The van der Waals surface area contributed by atoms with Crippen molar-refractivity contribution < 1.29 is 4.79 Å². The number of anilines is 3. The molecule has 86 valence electrons. The molecule has 1 aromatic rings. The summed E-state index contributed by atoms with van der Waals surface area (Å²) in [6.45, 7) is 2.20. The molecule has 0 spiro atoms. The number of aromatic amines is 1. The number of aromatic nitrogens is 2. The van der Waals surface area contributed by atoms with Crippen molar-refractivity contribution in [2.24, 2.45) is 0 Å². The van der Waals surface area contributed by atoms with Crippen LogP contribution in [0.3, 0.4) is 0 Å². The van der Waals surface area contributed by atoms with Crippen LogP contribution in [0.5, 0.6) is 0 Å². The van der Waals surface area contributed by atoms with Crippen LogP contribution in [-0.2, 0) is 4.79 Å². The van der Waals surface area contributed by atoms with Gasteiger partial charge in [-0.3, -0.25) is 14.6 Å². The minimum atomic E-state index is -0.385. The number of hydrogen-bond donors (Lipinski definition) is 4. The Hall–Kier alpha value is -2.05. The molecule has 0 aromatic carbocycles. The van der Waals surface area contributed by atoms with E-state index in [-0.39, 0.29) is 29.0 Å². The molecule has 1 aliphatic heterocycles. The van der Waals surface area contributed by atoms with Crippen LogP contribution in [0, 0.1) is 0 Å². The number of ketones is 1. The number of fused-ring (bicyclic) bond motifs is 1. The fraction of sp³-hybridized carbons (Fsp3) is 0.444. The fourth-order valence-corrected chi connectivity index (χ4v) is 1.62. The van der Waals surface area contributed by atoms with E-state index in [9.17, 15) is 9.59 Å². The summed E-state index contributed by atoms with van der Waals surface area (Å²) in [5, 5.41) is 5.78. The molecule has 1 atom stereocenters. The van der Waals surface area contributed by atoms with Crippen LogP contribution >= 0.6 is 0 Å². The maximum absolute atomic E-state index is 11.6. The number of hydrogen-bond acceptors (Lipinski definition) is 6. The summed E-state index contributed by atoms with van der Waals surface area (Å²) in [5.41, 5.74) is 5.30. The molecular weight excluding hydrogens is 210 g/mol. The zero-order valence-corrected chi connectivity index (χ0v) is 8.83.